The lowest BCUT2D eigenvalue weighted by Gasteiger charge is -2.33. The van der Waals surface area contributed by atoms with Crippen molar-refractivity contribution in [2.75, 3.05) is 30.4 Å². The van der Waals surface area contributed by atoms with Gasteiger partial charge in [-0.3, -0.25) is 10.2 Å². The van der Waals surface area contributed by atoms with E-state index in [1.165, 1.54) is 0 Å². The number of fused-ring (bicyclic) bond motifs is 2. The van der Waals surface area contributed by atoms with Gasteiger partial charge in [0.05, 0.1) is 16.9 Å². The third-order valence-corrected chi connectivity index (χ3v) is 4.59. The summed E-state index contributed by atoms with van der Waals surface area (Å²) in [5, 5.41) is 3.12. The molecule has 3 rings (SSSR count). The average Bonchev–Trinajstić information content (AvgIpc) is 2.98. The van der Waals surface area contributed by atoms with Gasteiger partial charge in [-0.2, -0.15) is 0 Å². The second kappa shape index (κ2) is 5.83. The van der Waals surface area contributed by atoms with Crippen molar-refractivity contribution in [1.82, 2.24) is 9.88 Å². The van der Waals surface area contributed by atoms with Gasteiger partial charge in [-0.1, -0.05) is 11.6 Å². The van der Waals surface area contributed by atoms with E-state index < -0.39 is 11.7 Å². The number of nitrogens with one attached hydrogen (secondary N) is 1. The van der Waals surface area contributed by atoms with Crippen LogP contribution in [0.25, 0.3) is 0 Å². The molecule has 0 aliphatic carbocycles. The van der Waals surface area contributed by atoms with E-state index in [1.807, 2.05) is 26.8 Å². The van der Waals surface area contributed by atoms with Crippen molar-refractivity contribution in [1.29, 1.82) is 0 Å². The molecule has 3 heterocycles. The summed E-state index contributed by atoms with van der Waals surface area (Å²) in [6.07, 6.45) is 2.23. The van der Waals surface area contributed by atoms with Crippen LogP contribution in [0.5, 0.6) is 0 Å². The number of anilines is 2. The molecule has 2 aliphatic heterocycles. The van der Waals surface area contributed by atoms with E-state index in [0.717, 1.165) is 25.3 Å². The molecule has 0 radical (unpaired) electrons. The van der Waals surface area contributed by atoms with Crippen LogP contribution in [-0.4, -0.2) is 53.8 Å². The van der Waals surface area contributed by atoms with Crippen LogP contribution < -0.4 is 10.2 Å². The Morgan fingerprint density at radius 2 is 2.13 bits per heavy atom. The number of hydrogen-bond acceptors (Lipinski definition) is 5. The topological polar surface area (TPSA) is 57.7 Å². The number of hydrogen-bond donors (Lipinski definition) is 1. The number of carbonyl (C=O) groups excluding carboxylic acids is 1. The molecule has 1 amide bonds. The van der Waals surface area contributed by atoms with E-state index in [-0.39, 0.29) is 0 Å². The second-order valence-electron chi connectivity index (χ2n) is 7.28. The maximum Gasteiger partial charge on any atom is 0.412 e. The predicted molar refractivity (Wildman–Crippen MR) is 91.3 cm³/mol. The Morgan fingerprint density at radius 3 is 2.70 bits per heavy atom. The molecule has 2 bridgehead atoms. The fraction of sp³-hybridized carbons (Fsp3) is 0.625. The first kappa shape index (κ1) is 16.3. The summed E-state index contributed by atoms with van der Waals surface area (Å²) in [5.74, 6) is 0.848. The number of amides is 1. The van der Waals surface area contributed by atoms with Crippen LogP contribution in [0, 0.1) is 0 Å². The van der Waals surface area contributed by atoms with Gasteiger partial charge < -0.3 is 9.64 Å². The zero-order chi connectivity index (χ0) is 16.8. The molecule has 0 saturated carbocycles. The molecule has 0 spiro atoms. The third kappa shape index (κ3) is 3.53. The van der Waals surface area contributed by atoms with Crippen molar-refractivity contribution in [3.05, 3.63) is 17.3 Å². The van der Waals surface area contributed by atoms with E-state index in [9.17, 15) is 4.79 Å². The van der Waals surface area contributed by atoms with Crippen molar-refractivity contribution in [3.8, 4) is 0 Å². The number of rotatable bonds is 2. The molecule has 0 unspecified atom stereocenters. The van der Waals surface area contributed by atoms with Crippen molar-refractivity contribution in [2.24, 2.45) is 0 Å². The Kier molecular flexibility index (Phi) is 4.14. The van der Waals surface area contributed by atoms with E-state index in [2.05, 4.69) is 27.1 Å². The molecule has 6 nitrogen and oxygen atoms in total. The number of pyridine rings is 1. The molecule has 1 N–H and O–H groups in total. The Balaban J connectivity index is 1.74. The molecule has 2 atom stereocenters. The van der Waals surface area contributed by atoms with Gasteiger partial charge in [0.25, 0.3) is 0 Å². The van der Waals surface area contributed by atoms with Crippen LogP contribution in [0.3, 0.4) is 0 Å². The fourth-order valence-electron chi connectivity index (χ4n) is 3.24. The normalized spacial score (nSPS) is 24.1. The van der Waals surface area contributed by atoms with Gasteiger partial charge >= 0.3 is 6.09 Å². The minimum atomic E-state index is -0.550. The molecule has 1 aromatic heterocycles. The standard InChI is InChI=1S/C16H23ClN4O2/c1-16(2,3)23-15(22)19-13-6-14(18-7-12(13)17)21-9-10-5-11(21)8-20(10)4/h6-7,10-11H,5,8-9H2,1-4H3,(H,18,19,22)/t10-,11-/m1/s1. The van der Waals surface area contributed by atoms with Crippen LogP contribution in [0.1, 0.15) is 27.2 Å². The van der Waals surface area contributed by atoms with Crippen molar-refractivity contribution in [2.45, 2.75) is 44.9 Å². The van der Waals surface area contributed by atoms with Crippen LogP contribution in [-0.2, 0) is 4.74 Å². The fourth-order valence-corrected chi connectivity index (χ4v) is 3.39. The summed E-state index contributed by atoms with van der Waals surface area (Å²) < 4.78 is 5.28. The molecule has 0 aromatic carbocycles. The first-order chi connectivity index (χ1) is 10.7. The van der Waals surface area contributed by atoms with Gasteiger partial charge in [-0.05, 0) is 34.2 Å². The summed E-state index contributed by atoms with van der Waals surface area (Å²) >= 11 is 6.16. The lowest BCUT2D eigenvalue weighted by Crippen LogP contribution is -2.44. The predicted octanol–water partition coefficient (Wildman–Crippen LogP) is 2.97. The van der Waals surface area contributed by atoms with Crippen LogP contribution >= 0.6 is 11.6 Å². The number of nitrogens with zero attached hydrogens (tertiary/aromatic N) is 3. The van der Waals surface area contributed by atoms with Gasteiger partial charge in [0.1, 0.15) is 11.4 Å². The van der Waals surface area contributed by atoms with Crippen molar-refractivity contribution >= 4 is 29.2 Å². The van der Waals surface area contributed by atoms with E-state index >= 15 is 0 Å². The monoisotopic (exact) mass is 338 g/mol. The SMILES string of the molecule is CN1C[C@H]2C[C@@H]1CN2c1cc(NC(=O)OC(C)(C)C)c(Cl)cn1. The smallest absolute Gasteiger partial charge is 0.412 e. The molecule has 2 fully saturated rings. The van der Waals surface area contributed by atoms with E-state index in [4.69, 9.17) is 16.3 Å². The van der Waals surface area contributed by atoms with Crippen molar-refractivity contribution < 1.29 is 9.53 Å². The van der Waals surface area contributed by atoms with Gasteiger partial charge in [0.15, 0.2) is 0 Å². The van der Waals surface area contributed by atoms with Gasteiger partial charge in [-0.25, -0.2) is 9.78 Å². The largest absolute Gasteiger partial charge is 0.444 e. The summed E-state index contributed by atoms with van der Waals surface area (Å²) in [6.45, 7) is 7.47. The number of aromatic nitrogens is 1. The molecular formula is C16H23ClN4O2. The first-order valence-corrected chi connectivity index (χ1v) is 8.23. The molecule has 23 heavy (non-hydrogen) atoms. The zero-order valence-corrected chi connectivity index (χ0v) is 14.7. The van der Waals surface area contributed by atoms with Crippen LogP contribution in [0.15, 0.2) is 12.3 Å². The highest BCUT2D eigenvalue weighted by Crippen LogP contribution is 2.35. The van der Waals surface area contributed by atoms with Gasteiger partial charge in [0.2, 0.25) is 0 Å². The first-order valence-electron chi connectivity index (χ1n) is 7.85. The number of likely N-dealkylation sites (tertiary alicyclic amines) is 1. The number of carbonyl (C=O) groups is 1. The molecule has 2 saturated heterocycles. The zero-order valence-electron chi connectivity index (χ0n) is 14.0. The molecule has 1 aromatic rings. The molecule has 126 valence electrons. The lowest BCUT2D eigenvalue weighted by atomic mass is 10.2. The molecular weight excluding hydrogens is 316 g/mol. The van der Waals surface area contributed by atoms with Crippen LogP contribution in [0.4, 0.5) is 16.3 Å². The van der Waals surface area contributed by atoms with E-state index in [0.29, 0.717) is 22.8 Å². The summed E-state index contributed by atoms with van der Waals surface area (Å²) in [7, 11) is 2.16. The Hall–Kier alpha value is -1.53. The number of halogens is 1. The summed E-state index contributed by atoms with van der Waals surface area (Å²) in [5.41, 5.74) is -0.0208. The number of ether oxygens (including phenoxy) is 1. The quantitative estimate of drug-likeness (QED) is 0.898. The highest BCUT2D eigenvalue weighted by Gasteiger charge is 2.42. The van der Waals surface area contributed by atoms with Gasteiger partial charge in [0, 0.05) is 31.2 Å². The van der Waals surface area contributed by atoms with Gasteiger partial charge in [-0.15, -0.1) is 0 Å². The Morgan fingerprint density at radius 1 is 1.39 bits per heavy atom. The Labute approximate surface area is 141 Å². The number of likely N-dealkylation sites (N-methyl/N-ethyl adjacent to an activating group) is 1. The van der Waals surface area contributed by atoms with Crippen molar-refractivity contribution in [3.63, 3.8) is 0 Å². The van der Waals surface area contributed by atoms with Crippen LogP contribution in [0.2, 0.25) is 5.02 Å². The summed E-state index contributed by atoms with van der Waals surface area (Å²) in [4.78, 5) is 21.1. The third-order valence-electron chi connectivity index (χ3n) is 4.29. The highest BCUT2D eigenvalue weighted by atomic mass is 35.5. The maximum absolute atomic E-state index is 12.0. The summed E-state index contributed by atoms with van der Waals surface area (Å²) in [6, 6.07) is 2.89. The maximum atomic E-state index is 12.0. The Bertz CT molecular complexity index is 615. The average molecular weight is 339 g/mol. The minimum absolute atomic E-state index is 0.404. The molecule has 7 heteroatoms. The van der Waals surface area contributed by atoms with E-state index in [1.54, 1.807) is 6.20 Å². The second-order valence-corrected chi connectivity index (χ2v) is 7.69. The minimum Gasteiger partial charge on any atom is -0.444 e. The highest BCUT2D eigenvalue weighted by molar-refractivity contribution is 6.33. The lowest BCUT2D eigenvalue weighted by molar-refractivity contribution is 0.0636. The number of piperazine rings is 1. The molecule has 2 aliphatic rings.